The summed E-state index contributed by atoms with van der Waals surface area (Å²) in [5.74, 6) is 0.949. The van der Waals surface area contributed by atoms with E-state index in [2.05, 4.69) is 26.5 Å². The van der Waals surface area contributed by atoms with Crippen LogP contribution < -0.4 is 14.9 Å². The van der Waals surface area contributed by atoms with Gasteiger partial charge in [-0.25, -0.2) is 5.43 Å². The van der Waals surface area contributed by atoms with Gasteiger partial charge in [0, 0.05) is 4.47 Å². The number of halogens is 1. The van der Waals surface area contributed by atoms with Gasteiger partial charge in [0.25, 0.3) is 5.91 Å². The number of carbonyl (C=O) groups is 1. The molecule has 5 nitrogen and oxygen atoms in total. The lowest BCUT2D eigenvalue weighted by Crippen LogP contribution is -2.18. The van der Waals surface area contributed by atoms with E-state index in [0.29, 0.717) is 21.5 Å². The minimum atomic E-state index is -0.288. The number of rotatable bonds is 5. The Kier molecular flexibility index (Phi) is 5.55. The van der Waals surface area contributed by atoms with Crippen molar-refractivity contribution < 1.29 is 14.3 Å². The van der Waals surface area contributed by atoms with E-state index >= 15 is 0 Å². The van der Waals surface area contributed by atoms with Crippen molar-refractivity contribution in [3.05, 3.63) is 58.1 Å². The van der Waals surface area contributed by atoms with E-state index in [1.807, 2.05) is 12.1 Å². The first-order chi connectivity index (χ1) is 10.7. The van der Waals surface area contributed by atoms with Crippen LogP contribution in [0.1, 0.15) is 15.9 Å². The Morgan fingerprint density at radius 2 is 1.86 bits per heavy atom. The quantitative estimate of drug-likeness (QED) is 0.656. The molecule has 0 radical (unpaired) electrons. The first-order valence-electron chi connectivity index (χ1n) is 6.45. The number of benzene rings is 2. The molecule has 2 aromatic carbocycles. The second-order valence-corrected chi connectivity index (χ2v) is 5.15. The Labute approximate surface area is 137 Å². The fourth-order valence-corrected chi connectivity index (χ4v) is 2.27. The van der Waals surface area contributed by atoms with E-state index in [0.717, 1.165) is 5.56 Å². The first kappa shape index (κ1) is 16.0. The van der Waals surface area contributed by atoms with Gasteiger partial charge in [-0.2, -0.15) is 5.10 Å². The summed E-state index contributed by atoms with van der Waals surface area (Å²) in [5.41, 5.74) is 3.79. The molecule has 22 heavy (non-hydrogen) atoms. The lowest BCUT2D eigenvalue weighted by molar-refractivity contribution is 0.0954. The molecule has 0 aliphatic carbocycles. The summed E-state index contributed by atoms with van der Waals surface area (Å²) in [7, 11) is 3.14. The van der Waals surface area contributed by atoms with Gasteiger partial charge in [-0.15, -0.1) is 0 Å². The van der Waals surface area contributed by atoms with Gasteiger partial charge < -0.3 is 9.47 Å². The van der Waals surface area contributed by atoms with Crippen molar-refractivity contribution in [2.24, 2.45) is 5.10 Å². The smallest absolute Gasteiger partial charge is 0.272 e. The first-order valence-corrected chi connectivity index (χ1v) is 7.25. The van der Waals surface area contributed by atoms with Gasteiger partial charge >= 0.3 is 0 Å². The maximum Gasteiger partial charge on any atom is 0.272 e. The number of hydrazone groups is 1. The lowest BCUT2D eigenvalue weighted by atomic mass is 10.2. The van der Waals surface area contributed by atoms with Gasteiger partial charge in [0.15, 0.2) is 11.5 Å². The summed E-state index contributed by atoms with van der Waals surface area (Å²) in [6.45, 7) is 0. The SMILES string of the molecule is COc1ccc(C=NNC(=O)c2ccccc2Br)cc1OC. The zero-order chi connectivity index (χ0) is 15.9. The van der Waals surface area contributed by atoms with E-state index in [1.165, 1.54) is 6.21 Å². The summed E-state index contributed by atoms with van der Waals surface area (Å²) in [6, 6.07) is 12.5. The summed E-state index contributed by atoms with van der Waals surface area (Å²) in [4.78, 5) is 12.0. The summed E-state index contributed by atoms with van der Waals surface area (Å²) in [5, 5.41) is 3.95. The van der Waals surface area contributed by atoms with Gasteiger partial charge in [0.05, 0.1) is 26.0 Å². The van der Waals surface area contributed by atoms with E-state index in [-0.39, 0.29) is 5.91 Å². The van der Waals surface area contributed by atoms with Crippen LogP contribution in [0.5, 0.6) is 11.5 Å². The van der Waals surface area contributed by atoms with E-state index < -0.39 is 0 Å². The van der Waals surface area contributed by atoms with Crippen LogP contribution in [0.4, 0.5) is 0 Å². The predicted molar refractivity (Wildman–Crippen MR) is 88.7 cm³/mol. The zero-order valence-corrected chi connectivity index (χ0v) is 13.8. The molecule has 0 aliphatic heterocycles. The second kappa shape index (κ2) is 7.61. The molecule has 0 saturated heterocycles. The van der Waals surface area contributed by atoms with Crippen molar-refractivity contribution in [1.82, 2.24) is 5.43 Å². The van der Waals surface area contributed by atoms with Crippen LogP contribution in [0, 0.1) is 0 Å². The maximum absolute atomic E-state index is 12.0. The van der Waals surface area contributed by atoms with Crippen LogP contribution in [0.25, 0.3) is 0 Å². The van der Waals surface area contributed by atoms with Crippen molar-refractivity contribution in [2.75, 3.05) is 14.2 Å². The average Bonchev–Trinajstić information content (AvgIpc) is 2.55. The molecule has 1 amide bonds. The van der Waals surface area contributed by atoms with Crippen molar-refractivity contribution in [3.63, 3.8) is 0 Å². The fourth-order valence-electron chi connectivity index (χ4n) is 1.80. The molecule has 0 atom stereocenters. The topological polar surface area (TPSA) is 59.9 Å². The molecule has 0 aromatic heterocycles. The highest BCUT2D eigenvalue weighted by Crippen LogP contribution is 2.26. The third-order valence-electron chi connectivity index (χ3n) is 2.91. The molecule has 1 N–H and O–H groups in total. The van der Waals surface area contributed by atoms with E-state index in [9.17, 15) is 4.79 Å². The van der Waals surface area contributed by atoms with E-state index in [4.69, 9.17) is 9.47 Å². The Balaban J connectivity index is 2.07. The molecule has 0 fully saturated rings. The molecule has 0 aliphatic rings. The van der Waals surface area contributed by atoms with Gasteiger partial charge in [-0.05, 0) is 51.8 Å². The number of methoxy groups -OCH3 is 2. The van der Waals surface area contributed by atoms with Crippen LogP contribution >= 0.6 is 15.9 Å². The molecule has 2 aromatic rings. The maximum atomic E-state index is 12.0. The minimum absolute atomic E-state index is 0.288. The van der Waals surface area contributed by atoms with Gasteiger partial charge in [-0.1, -0.05) is 12.1 Å². The molecular weight excluding hydrogens is 348 g/mol. The number of amides is 1. The molecule has 0 bridgehead atoms. The van der Waals surface area contributed by atoms with Crippen molar-refractivity contribution in [1.29, 1.82) is 0 Å². The summed E-state index contributed by atoms with van der Waals surface area (Å²) < 4.78 is 11.1. The number of carbonyl (C=O) groups excluding carboxylic acids is 1. The molecule has 2 rings (SSSR count). The van der Waals surface area contributed by atoms with Crippen LogP contribution in [-0.4, -0.2) is 26.3 Å². The van der Waals surface area contributed by atoms with Gasteiger partial charge in [-0.3, -0.25) is 4.79 Å². The zero-order valence-electron chi connectivity index (χ0n) is 12.2. The van der Waals surface area contributed by atoms with Crippen LogP contribution in [0.15, 0.2) is 52.0 Å². The monoisotopic (exact) mass is 362 g/mol. The van der Waals surface area contributed by atoms with Crippen LogP contribution in [0.2, 0.25) is 0 Å². The van der Waals surface area contributed by atoms with Gasteiger partial charge in [0.1, 0.15) is 0 Å². The second-order valence-electron chi connectivity index (χ2n) is 4.29. The molecule has 6 heteroatoms. The van der Waals surface area contributed by atoms with Gasteiger partial charge in [0.2, 0.25) is 0 Å². The van der Waals surface area contributed by atoms with E-state index in [1.54, 1.807) is 44.6 Å². The molecule has 0 saturated carbocycles. The standard InChI is InChI=1S/C16H15BrN2O3/c1-21-14-8-7-11(9-15(14)22-2)10-18-19-16(20)12-5-3-4-6-13(12)17/h3-10H,1-2H3,(H,19,20). The fraction of sp³-hybridized carbons (Fsp3) is 0.125. The number of hydrogen-bond acceptors (Lipinski definition) is 4. The molecule has 114 valence electrons. The Morgan fingerprint density at radius 3 is 2.55 bits per heavy atom. The Morgan fingerprint density at radius 1 is 1.14 bits per heavy atom. The molecular formula is C16H15BrN2O3. The minimum Gasteiger partial charge on any atom is -0.493 e. The van der Waals surface area contributed by atoms with Crippen molar-refractivity contribution in [2.45, 2.75) is 0 Å². The largest absolute Gasteiger partial charge is 0.493 e. The highest BCUT2D eigenvalue weighted by Gasteiger charge is 2.07. The third-order valence-corrected chi connectivity index (χ3v) is 3.60. The number of nitrogens with zero attached hydrogens (tertiary/aromatic N) is 1. The Bertz CT molecular complexity index is 702. The number of ether oxygens (including phenoxy) is 2. The predicted octanol–water partition coefficient (Wildman–Crippen LogP) is 3.23. The molecule has 0 unspecified atom stereocenters. The molecule has 0 spiro atoms. The summed E-state index contributed by atoms with van der Waals surface area (Å²) in [6.07, 6.45) is 1.54. The molecule has 0 heterocycles. The van der Waals surface area contributed by atoms with Crippen LogP contribution in [-0.2, 0) is 0 Å². The highest BCUT2D eigenvalue weighted by atomic mass is 79.9. The highest BCUT2D eigenvalue weighted by molar-refractivity contribution is 9.10. The average molecular weight is 363 g/mol. The van der Waals surface area contributed by atoms with Crippen molar-refractivity contribution in [3.8, 4) is 11.5 Å². The Hall–Kier alpha value is -2.34. The number of hydrogen-bond donors (Lipinski definition) is 1. The normalized spacial score (nSPS) is 10.5. The lowest BCUT2D eigenvalue weighted by Gasteiger charge is -2.07. The number of nitrogens with one attached hydrogen (secondary N) is 1. The van der Waals surface area contributed by atoms with Crippen LogP contribution in [0.3, 0.4) is 0 Å². The van der Waals surface area contributed by atoms with Crippen molar-refractivity contribution >= 4 is 28.1 Å². The third kappa shape index (κ3) is 3.85. The summed E-state index contributed by atoms with van der Waals surface area (Å²) >= 11 is 3.33.